The molecule has 0 aliphatic rings. The van der Waals surface area contributed by atoms with Crippen LogP contribution in [0, 0.1) is 11.3 Å². The second kappa shape index (κ2) is 37.6. The van der Waals surface area contributed by atoms with E-state index in [1.54, 1.807) is 0 Å². The van der Waals surface area contributed by atoms with Gasteiger partial charge in [0.2, 0.25) is 0 Å². The Morgan fingerprint density at radius 1 is 2.33 bits per heavy atom. The summed E-state index contributed by atoms with van der Waals surface area (Å²) >= 11 is 0. The Bertz CT molecular complexity index is 113. The lowest BCUT2D eigenvalue weighted by atomic mass is 11.0. The molecule has 0 unspecified atom stereocenters. The van der Waals surface area contributed by atoms with E-state index in [4.69, 9.17) is 19.3 Å². The normalized spacial score (nSPS) is 12.8. The topological polar surface area (TPSA) is 61.1 Å². The second-order valence-corrected chi connectivity index (χ2v) is 0.217. The summed E-state index contributed by atoms with van der Waals surface area (Å²) in [5.74, 6) is 0. The number of rotatable bonds is 0. The lowest BCUT2D eigenvalue weighted by Crippen LogP contribution is -1.49. The molecule has 0 saturated carbocycles. The molecular weight excluding hydrogens is 82.0 g/mol. The molecular formula is C3H5NO2. The molecule has 0 aliphatic heterocycles. The third-order valence-corrected chi connectivity index (χ3v) is 0. The van der Waals surface area contributed by atoms with E-state index in [9.17, 15) is 0 Å². The quantitative estimate of drug-likeness (QED) is 0.433. The number of carbonyl (C=O) groups is 1. The molecule has 0 aliphatic carbocycles. The van der Waals surface area contributed by atoms with Crippen LogP contribution in [0.3, 0.4) is 0 Å². The molecule has 0 amide bonds. The van der Waals surface area contributed by atoms with E-state index in [1.165, 1.54) is 0 Å². The van der Waals surface area contributed by atoms with Crippen LogP contribution in [0.5, 0.6) is 0 Å². The van der Waals surface area contributed by atoms with Gasteiger partial charge < -0.3 is 5.11 Å². The van der Waals surface area contributed by atoms with Crippen molar-refractivity contribution in [1.29, 1.82) is 5.26 Å². The molecule has 0 saturated heterocycles. The maximum Gasteiger partial charge on any atom is 0.290 e. The third kappa shape index (κ3) is 10.5. The van der Waals surface area contributed by atoms with Gasteiger partial charge in [0.25, 0.3) is 6.47 Å². The van der Waals surface area contributed by atoms with Gasteiger partial charge in [-0.15, -0.1) is 0 Å². The highest BCUT2D eigenvalue weighted by Gasteiger charge is 1.22. The minimum Gasteiger partial charge on any atom is -0.483 e. The SMILES string of the molecule is O=CO.[2H]C([2H])([2H])C#N. The van der Waals surface area contributed by atoms with Crippen LogP contribution in [0.1, 0.15) is 11.0 Å². The molecule has 0 heterocycles. The lowest BCUT2D eigenvalue weighted by Gasteiger charge is -1.34. The zero-order chi connectivity index (χ0) is 7.91. The number of hydrogen-bond donors (Lipinski definition) is 1. The molecule has 0 spiro atoms. The molecule has 0 radical (unpaired) electrons. The first-order chi connectivity index (χ1) is 3.97. The highest BCUT2D eigenvalue weighted by molar-refractivity contribution is 5.32. The molecule has 3 heteroatoms. The lowest BCUT2D eigenvalue weighted by molar-refractivity contribution is -0.122. The molecule has 0 aromatic carbocycles. The minimum atomic E-state index is -2.40. The van der Waals surface area contributed by atoms with E-state index < -0.39 is 6.85 Å². The Hall–Kier alpha value is -1.04. The highest BCUT2D eigenvalue weighted by atomic mass is 16.3. The molecule has 0 bridgehead atoms. The van der Waals surface area contributed by atoms with Crippen LogP contribution in [-0.4, -0.2) is 11.6 Å². The van der Waals surface area contributed by atoms with Crippen molar-refractivity contribution >= 4 is 6.47 Å². The van der Waals surface area contributed by atoms with E-state index in [-0.39, 0.29) is 6.47 Å². The first-order valence-corrected chi connectivity index (χ1v) is 0.968. The Labute approximate surface area is 40.0 Å². The van der Waals surface area contributed by atoms with Gasteiger partial charge in [-0.3, -0.25) is 4.79 Å². The summed E-state index contributed by atoms with van der Waals surface area (Å²) in [5.41, 5.74) is 0. The fourth-order valence-corrected chi connectivity index (χ4v) is 0. The Morgan fingerprint density at radius 2 is 2.50 bits per heavy atom. The van der Waals surface area contributed by atoms with Gasteiger partial charge in [-0.2, -0.15) is 5.26 Å². The molecule has 1 N–H and O–H groups in total. The van der Waals surface area contributed by atoms with Crippen molar-refractivity contribution in [3.05, 3.63) is 0 Å². The monoisotopic (exact) mass is 90.1 g/mol. The van der Waals surface area contributed by atoms with Crippen molar-refractivity contribution in [3.63, 3.8) is 0 Å². The Morgan fingerprint density at radius 3 is 2.50 bits per heavy atom. The molecule has 0 aromatic rings. The maximum absolute atomic E-state index is 8.36. The summed E-state index contributed by atoms with van der Waals surface area (Å²) in [6.07, 6.45) is 0. The average molecular weight is 90.1 g/mol. The number of nitrogens with zero attached hydrogens (tertiary/aromatic N) is 1. The van der Waals surface area contributed by atoms with Gasteiger partial charge in [-0.05, 0) is 0 Å². The standard InChI is InChI=1S/C2H3N.CH2O2/c1-2-3;2-1-3/h1H3;1H,(H,2,3)/i1D3;. The summed E-state index contributed by atoms with van der Waals surface area (Å²) in [6, 6.07) is 1.10. The van der Waals surface area contributed by atoms with Crippen molar-refractivity contribution in [3.8, 4) is 6.07 Å². The van der Waals surface area contributed by atoms with Crippen LogP contribution < -0.4 is 0 Å². The summed E-state index contributed by atoms with van der Waals surface area (Å²) in [4.78, 5) is 8.36. The summed E-state index contributed by atoms with van der Waals surface area (Å²) in [7, 11) is 0. The van der Waals surface area contributed by atoms with E-state index >= 15 is 0 Å². The fraction of sp³-hybridized carbons (Fsp3) is 0.333. The summed E-state index contributed by atoms with van der Waals surface area (Å²) < 4.78 is 18.5. The Balaban J connectivity index is 0. The van der Waals surface area contributed by atoms with Gasteiger partial charge >= 0.3 is 0 Å². The number of carboxylic acid groups (broad SMARTS) is 1. The van der Waals surface area contributed by atoms with Gasteiger partial charge in [0.05, 0.1) is 6.07 Å². The number of nitriles is 1. The zero-order valence-corrected chi connectivity index (χ0v) is 2.88. The molecule has 0 fully saturated rings. The first-order valence-electron chi connectivity index (χ1n) is 2.47. The second-order valence-electron chi connectivity index (χ2n) is 0.217. The fourth-order valence-electron chi connectivity index (χ4n) is 0. The van der Waals surface area contributed by atoms with Crippen molar-refractivity contribution in [2.75, 3.05) is 0 Å². The van der Waals surface area contributed by atoms with Crippen molar-refractivity contribution in [2.45, 2.75) is 6.85 Å². The Kier molecular flexibility index (Phi) is 13.7. The predicted octanol–water partition coefficient (Wildman–Crippen LogP) is 0.231. The van der Waals surface area contributed by atoms with Crippen molar-refractivity contribution in [2.24, 2.45) is 0 Å². The summed E-state index contributed by atoms with van der Waals surface area (Å²) in [5, 5.41) is 14.5. The molecule has 34 valence electrons. The minimum absolute atomic E-state index is 0.250. The number of hydrogen-bond acceptors (Lipinski definition) is 2. The third-order valence-electron chi connectivity index (χ3n) is 0. The van der Waals surface area contributed by atoms with Gasteiger partial charge in [-0.25, -0.2) is 0 Å². The van der Waals surface area contributed by atoms with Gasteiger partial charge in [0, 0.05) is 11.0 Å². The van der Waals surface area contributed by atoms with Crippen molar-refractivity contribution in [1.82, 2.24) is 0 Å². The molecule has 0 atom stereocenters. The van der Waals surface area contributed by atoms with E-state index in [0.717, 1.165) is 6.07 Å². The van der Waals surface area contributed by atoms with Crippen LogP contribution in [0.2, 0.25) is 0 Å². The van der Waals surface area contributed by atoms with Gasteiger partial charge in [-0.1, -0.05) is 0 Å². The van der Waals surface area contributed by atoms with Gasteiger partial charge in [0.1, 0.15) is 0 Å². The van der Waals surface area contributed by atoms with Gasteiger partial charge in [0.15, 0.2) is 0 Å². The van der Waals surface area contributed by atoms with Crippen molar-refractivity contribution < 1.29 is 14.0 Å². The molecule has 6 heavy (non-hydrogen) atoms. The van der Waals surface area contributed by atoms with E-state index in [2.05, 4.69) is 0 Å². The highest BCUT2D eigenvalue weighted by Crippen LogP contribution is 1.21. The smallest absolute Gasteiger partial charge is 0.290 e. The average Bonchev–Trinajstić information content (AvgIpc) is 1.67. The van der Waals surface area contributed by atoms with E-state index in [0.29, 0.717) is 0 Å². The molecule has 3 nitrogen and oxygen atoms in total. The summed E-state index contributed by atoms with van der Waals surface area (Å²) in [6.45, 7) is -2.65. The van der Waals surface area contributed by atoms with Crippen LogP contribution in [0.15, 0.2) is 0 Å². The maximum atomic E-state index is 8.36. The predicted molar refractivity (Wildman–Crippen MR) is 20.0 cm³/mol. The van der Waals surface area contributed by atoms with Crippen LogP contribution in [0.4, 0.5) is 0 Å². The zero-order valence-electron chi connectivity index (χ0n) is 5.88. The molecule has 0 rings (SSSR count). The van der Waals surface area contributed by atoms with Crippen LogP contribution in [0.25, 0.3) is 0 Å². The first kappa shape index (κ1) is 2.19. The largest absolute Gasteiger partial charge is 0.483 e. The van der Waals surface area contributed by atoms with Crippen LogP contribution in [-0.2, 0) is 4.79 Å². The molecule has 0 aromatic heterocycles. The van der Waals surface area contributed by atoms with E-state index in [1.807, 2.05) is 0 Å². The van der Waals surface area contributed by atoms with Crippen LogP contribution >= 0.6 is 0 Å².